The minimum Gasteiger partial charge on any atom is -0.441 e. The first-order chi connectivity index (χ1) is 11.6. The van der Waals surface area contributed by atoms with Crippen LogP contribution in [0.25, 0.3) is 11.5 Å². The maximum Gasteiger partial charge on any atom is 0.228 e. The summed E-state index contributed by atoms with van der Waals surface area (Å²) in [5.74, 6) is 1.48. The van der Waals surface area contributed by atoms with Crippen LogP contribution in [0.3, 0.4) is 0 Å². The van der Waals surface area contributed by atoms with Crippen molar-refractivity contribution < 1.29 is 9.21 Å². The first-order valence-corrected chi connectivity index (χ1v) is 9.55. The lowest BCUT2D eigenvalue weighted by Crippen LogP contribution is -2.49. The first-order valence-electron chi connectivity index (χ1n) is 8.60. The van der Waals surface area contributed by atoms with Gasteiger partial charge >= 0.3 is 0 Å². The number of hydrogen-bond donors (Lipinski definition) is 1. The predicted octanol–water partition coefficient (Wildman–Crippen LogP) is 3.84. The zero-order valence-corrected chi connectivity index (χ0v) is 17.4. The molecule has 0 saturated carbocycles. The van der Waals surface area contributed by atoms with E-state index in [1.54, 1.807) is 11.3 Å². The van der Waals surface area contributed by atoms with E-state index in [0.29, 0.717) is 30.4 Å². The highest BCUT2D eigenvalue weighted by Crippen LogP contribution is 2.30. The third-order valence-electron chi connectivity index (χ3n) is 5.37. The number of oxazole rings is 1. The highest BCUT2D eigenvalue weighted by molar-refractivity contribution is 7.08. The van der Waals surface area contributed by atoms with Crippen LogP contribution in [0, 0.1) is 6.92 Å². The molecule has 144 valence electrons. The average molecular weight is 418 g/mol. The van der Waals surface area contributed by atoms with Crippen LogP contribution in [0.2, 0.25) is 0 Å². The number of hydrogen-bond acceptors (Lipinski definition) is 5. The number of rotatable bonds is 4. The molecule has 2 atom stereocenters. The van der Waals surface area contributed by atoms with Crippen LogP contribution < -0.4 is 5.32 Å². The SMILES string of the molecule is Cc1oc(-c2ccsc2)nc1CC(=O)N(C)C1CC2CCC(C1)N2.Cl.Cl. The summed E-state index contributed by atoms with van der Waals surface area (Å²) in [6.45, 7) is 1.89. The summed E-state index contributed by atoms with van der Waals surface area (Å²) in [6.07, 6.45) is 4.94. The fraction of sp³-hybridized carbons (Fsp3) is 0.556. The van der Waals surface area contributed by atoms with Gasteiger partial charge in [0.05, 0.1) is 12.1 Å². The summed E-state index contributed by atoms with van der Waals surface area (Å²) >= 11 is 1.61. The molecule has 1 amide bonds. The zero-order valence-electron chi connectivity index (χ0n) is 14.9. The maximum atomic E-state index is 12.7. The number of aromatic nitrogens is 1. The molecule has 8 heteroatoms. The van der Waals surface area contributed by atoms with Crippen LogP contribution in [-0.2, 0) is 11.2 Å². The Bertz CT molecular complexity index is 723. The van der Waals surface area contributed by atoms with E-state index in [0.717, 1.165) is 29.9 Å². The van der Waals surface area contributed by atoms with E-state index in [2.05, 4.69) is 10.3 Å². The van der Waals surface area contributed by atoms with Crippen molar-refractivity contribution in [2.24, 2.45) is 0 Å². The number of fused-ring (bicyclic) bond motifs is 2. The van der Waals surface area contributed by atoms with E-state index in [-0.39, 0.29) is 30.7 Å². The van der Waals surface area contributed by atoms with Gasteiger partial charge in [0.15, 0.2) is 0 Å². The van der Waals surface area contributed by atoms with Gasteiger partial charge < -0.3 is 14.6 Å². The number of amides is 1. The lowest BCUT2D eigenvalue weighted by Gasteiger charge is -2.35. The highest BCUT2D eigenvalue weighted by Gasteiger charge is 2.36. The number of halogens is 2. The van der Waals surface area contributed by atoms with E-state index in [1.807, 2.05) is 35.7 Å². The Kier molecular flexibility index (Phi) is 7.13. The quantitative estimate of drug-likeness (QED) is 0.820. The molecule has 2 fully saturated rings. The summed E-state index contributed by atoms with van der Waals surface area (Å²) in [5.41, 5.74) is 1.73. The number of piperidine rings is 1. The number of carbonyl (C=O) groups is 1. The summed E-state index contributed by atoms with van der Waals surface area (Å²) in [5, 5.41) is 7.63. The van der Waals surface area contributed by atoms with Crippen molar-refractivity contribution in [3.8, 4) is 11.5 Å². The molecule has 5 nitrogen and oxygen atoms in total. The van der Waals surface area contributed by atoms with Crippen molar-refractivity contribution in [3.05, 3.63) is 28.3 Å². The Balaban J connectivity index is 0.00000121. The Hall–Kier alpha value is -1.08. The fourth-order valence-corrected chi connectivity index (χ4v) is 4.55. The van der Waals surface area contributed by atoms with Crippen molar-refractivity contribution in [2.45, 2.75) is 57.2 Å². The van der Waals surface area contributed by atoms with Gasteiger partial charge in [-0.05, 0) is 44.1 Å². The van der Waals surface area contributed by atoms with Gasteiger partial charge in [0.25, 0.3) is 0 Å². The summed E-state index contributed by atoms with van der Waals surface area (Å²) in [4.78, 5) is 19.2. The second-order valence-electron chi connectivity index (χ2n) is 6.98. The normalized spacial score (nSPS) is 23.8. The Morgan fingerprint density at radius 1 is 1.35 bits per heavy atom. The molecule has 0 radical (unpaired) electrons. The summed E-state index contributed by atoms with van der Waals surface area (Å²) in [7, 11) is 1.94. The molecule has 2 saturated heterocycles. The van der Waals surface area contributed by atoms with Crippen LogP contribution in [-0.4, -0.2) is 41.0 Å². The molecule has 2 bridgehead atoms. The molecule has 26 heavy (non-hydrogen) atoms. The summed E-state index contributed by atoms with van der Waals surface area (Å²) < 4.78 is 5.74. The number of thiophene rings is 1. The van der Waals surface area contributed by atoms with Crippen molar-refractivity contribution in [3.63, 3.8) is 0 Å². The Morgan fingerprint density at radius 2 is 2.04 bits per heavy atom. The van der Waals surface area contributed by atoms with E-state index in [9.17, 15) is 4.79 Å². The molecular weight excluding hydrogens is 393 g/mol. The van der Waals surface area contributed by atoms with Crippen LogP contribution in [0.15, 0.2) is 21.2 Å². The monoisotopic (exact) mass is 417 g/mol. The molecule has 2 aliphatic rings. The second kappa shape index (κ2) is 8.74. The third-order valence-corrected chi connectivity index (χ3v) is 6.05. The molecule has 0 aromatic carbocycles. The van der Waals surface area contributed by atoms with Gasteiger partial charge in [-0.25, -0.2) is 4.98 Å². The fourth-order valence-electron chi connectivity index (χ4n) is 3.92. The molecule has 0 spiro atoms. The summed E-state index contributed by atoms with van der Waals surface area (Å²) in [6, 6.07) is 3.50. The molecule has 2 aromatic heterocycles. The molecule has 0 aliphatic carbocycles. The van der Waals surface area contributed by atoms with Crippen LogP contribution in [0.5, 0.6) is 0 Å². The Morgan fingerprint density at radius 3 is 2.65 bits per heavy atom. The molecule has 2 aliphatic heterocycles. The number of nitrogens with one attached hydrogen (secondary N) is 1. The first kappa shape index (κ1) is 21.2. The smallest absolute Gasteiger partial charge is 0.228 e. The van der Waals surface area contributed by atoms with E-state index < -0.39 is 0 Å². The predicted molar refractivity (Wildman–Crippen MR) is 108 cm³/mol. The van der Waals surface area contributed by atoms with Crippen molar-refractivity contribution in [1.82, 2.24) is 15.2 Å². The minimum atomic E-state index is 0. The van der Waals surface area contributed by atoms with Gasteiger partial charge in [-0.15, -0.1) is 24.8 Å². The van der Waals surface area contributed by atoms with Crippen LogP contribution in [0.4, 0.5) is 0 Å². The molecule has 2 unspecified atom stereocenters. The van der Waals surface area contributed by atoms with Gasteiger partial charge in [0, 0.05) is 36.1 Å². The minimum absolute atomic E-state index is 0. The molecule has 4 heterocycles. The van der Waals surface area contributed by atoms with Gasteiger partial charge in [-0.2, -0.15) is 11.3 Å². The van der Waals surface area contributed by atoms with Crippen LogP contribution >= 0.6 is 36.2 Å². The molecule has 4 rings (SSSR count). The van der Waals surface area contributed by atoms with Gasteiger partial charge in [-0.1, -0.05) is 0 Å². The lowest BCUT2D eigenvalue weighted by atomic mass is 9.98. The molecular formula is C18H25Cl2N3O2S. The van der Waals surface area contributed by atoms with Crippen molar-refractivity contribution in [2.75, 3.05) is 7.05 Å². The van der Waals surface area contributed by atoms with E-state index in [1.165, 1.54) is 12.8 Å². The van der Waals surface area contributed by atoms with Gasteiger partial charge in [0.2, 0.25) is 11.8 Å². The lowest BCUT2D eigenvalue weighted by molar-refractivity contribution is -0.132. The topological polar surface area (TPSA) is 58.4 Å². The van der Waals surface area contributed by atoms with Gasteiger partial charge in [0.1, 0.15) is 5.76 Å². The average Bonchev–Trinajstić information content (AvgIpc) is 3.28. The second-order valence-corrected chi connectivity index (χ2v) is 7.76. The van der Waals surface area contributed by atoms with E-state index >= 15 is 0 Å². The standard InChI is InChI=1S/C18H23N3O2S.2ClH/c1-11-16(20-18(23-11)12-5-6-24-10-12)9-17(22)21(2)15-7-13-3-4-14(8-15)19-13;;/h5-6,10,13-15,19H,3-4,7-9H2,1-2H3;2*1H. The van der Waals surface area contributed by atoms with Gasteiger partial charge in [-0.3, -0.25) is 4.79 Å². The van der Waals surface area contributed by atoms with Crippen LogP contribution in [0.1, 0.15) is 37.1 Å². The van der Waals surface area contributed by atoms with E-state index in [4.69, 9.17) is 4.42 Å². The maximum absolute atomic E-state index is 12.7. The zero-order chi connectivity index (χ0) is 16.7. The number of likely N-dealkylation sites (N-methyl/N-ethyl adjacent to an activating group) is 1. The van der Waals surface area contributed by atoms with Crippen molar-refractivity contribution in [1.29, 1.82) is 0 Å². The number of nitrogens with zero attached hydrogens (tertiary/aromatic N) is 2. The largest absolute Gasteiger partial charge is 0.441 e. The highest BCUT2D eigenvalue weighted by atomic mass is 35.5. The Labute approximate surface area is 170 Å². The molecule has 1 N–H and O–H groups in total. The molecule has 2 aromatic rings. The number of aryl methyl sites for hydroxylation is 1. The third kappa shape index (κ3) is 4.25. The van der Waals surface area contributed by atoms with Crippen molar-refractivity contribution >= 4 is 42.1 Å². The number of carbonyl (C=O) groups excluding carboxylic acids is 1.